The molecule has 1 saturated carbocycles. The van der Waals surface area contributed by atoms with Crippen molar-refractivity contribution >= 4 is 23.7 Å². The number of aromatic nitrogens is 2. The number of nitrogens with one attached hydrogen (secondary N) is 1. The lowest BCUT2D eigenvalue weighted by Crippen LogP contribution is -2.44. The number of alkyl carbamates (subject to hydrolysis) is 1. The normalized spacial score (nSPS) is 23.8. The van der Waals surface area contributed by atoms with Crippen LogP contribution in [0.2, 0.25) is 0 Å². The number of hydrogen-bond acceptors (Lipinski definition) is 5. The first-order valence-electron chi connectivity index (χ1n) is 11.9. The summed E-state index contributed by atoms with van der Waals surface area (Å²) in [5, 5.41) is 5.21. The molecule has 0 aliphatic heterocycles. The van der Waals surface area contributed by atoms with Crippen molar-refractivity contribution in [3.63, 3.8) is 0 Å². The third-order valence-corrected chi connectivity index (χ3v) is 7.68. The van der Waals surface area contributed by atoms with E-state index in [1.54, 1.807) is 12.3 Å². The quantitative estimate of drug-likeness (QED) is 0.473. The number of fused-ring (bicyclic) bond motifs is 2. The lowest BCUT2D eigenvalue weighted by atomic mass is 9.64. The molecule has 2 aliphatic carbocycles. The van der Waals surface area contributed by atoms with Crippen LogP contribution in [0.4, 0.5) is 9.18 Å². The molecule has 2 aliphatic rings. The Kier molecular flexibility index (Phi) is 6.72. The van der Waals surface area contributed by atoms with E-state index in [1.807, 2.05) is 25.1 Å². The van der Waals surface area contributed by atoms with Gasteiger partial charge in [-0.05, 0) is 91.4 Å². The molecule has 7 heteroatoms. The number of halogens is 1. The van der Waals surface area contributed by atoms with Crippen LogP contribution >= 0.6 is 11.5 Å². The highest BCUT2D eigenvalue weighted by Gasteiger charge is 2.41. The van der Waals surface area contributed by atoms with Crippen LogP contribution in [-0.2, 0) is 11.2 Å². The van der Waals surface area contributed by atoms with Gasteiger partial charge in [-0.25, -0.2) is 9.18 Å². The topological polar surface area (TPSA) is 64.1 Å². The third-order valence-electron chi connectivity index (χ3n) is 6.99. The molecule has 5 rings (SSSR count). The van der Waals surface area contributed by atoms with Gasteiger partial charge in [0, 0.05) is 29.1 Å². The fourth-order valence-corrected chi connectivity index (χ4v) is 6.17. The maximum absolute atomic E-state index is 13.5. The van der Waals surface area contributed by atoms with E-state index in [4.69, 9.17) is 9.11 Å². The Labute approximate surface area is 203 Å². The fourth-order valence-electron chi connectivity index (χ4n) is 5.42. The minimum atomic E-state index is -0.316. The Morgan fingerprint density at radius 1 is 1.26 bits per heavy atom. The van der Waals surface area contributed by atoms with E-state index in [1.165, 1.54) is 34.9 Å². The second kappa shape index (κ2) is 10.1. The zero-order valence-electron chi connectivity index (χ0n) is 19.1. The number of benzene rings is 1. The number of carbonyl (C=O) groups is 1. The number of ether oxygens (including phenoxy) is 1. The van der Waals surface area contributed by atoms with Gasteiger partial charge in [0.1, 0.15) is 5.82 Å². The molecule has 2 aromatic heterocycles. The monoisotopic (exact) mass is 477 g/mol. The van der Waals surface area contributed by atoms with Gasteiger partial charge in [0.05, 0.1) is 18.0 Å². The average molecular weight is 478 g/mol. The summed E-state index contributed by atoms with van der Waals surface area (Å²) in [6.07, 6.45) is 9.77. The van der Waals surface area contributed by atoms with Gasteiger partial charge in [-0.15, -0.1) is 0 Å². The Balaban J connectivity index is 1.32. The molecule has 0 spiro atoms. The number of nitrogens with zero attached hydrogens (tertiary/aromatic N) is 2. The number of pyridine rings is 1. The lowest BCUT2D eigenvalue weighted by Gasteiger charge is -2.42. The van der Waals surface area contributed by atoms with E-state index in [2.05, 4.69) is 27.8 Å². The van der Waals surface area contributed by atoms with E-state index < -0.39 is 0 Å². The Morgan fingerprint density at radius 2 is 2.18 bits per heavy atom. The van der Waals surface area contributed by atoms with Crippen molar-refractivity contribution in [1.29, 1.82) is 0 Å². The number of carbonyl (C=O) groups excluding carboxylic acids is 1. The summed E-state index contributed by atoms with van der Waals surface area (Å²) in [6.45, 7) is 2.21. The summed E-state index contributed by atoms with van der Waals surface area (Å²) in [5.74, 6) is 0.994. The fraction of sp³-hybridized carbons (Fsp3) is 0.370. The summed E-state index contributed by atoms with van der Waals surface area (Å²) in [5.41, 5.74) is 5.10. The van der Waals surface area contributed by atoms with Crippen LogP contribution in [0.25, 0.3) is 17.2 Å². The summed E-state index contributed by atoms with van der Waals surface area (Å²) in [4.78, 5) is 16.5. The van der Waals surface area contributed by atoms with Crippen molar-refractivity contribution in [3.05, 3.63) is 76.8 Å². The van der Waals surface area contributed by atoms with E-state index >= 15 is 0 Å². The van der Waals surface area contributed by atoms with E-state index in [9.17, 15) is 9.18 Å². The minimum Gasteiger partial charge on any atom is -0.450 e. The van der Waals surface area contributed by atoms with Crippen LogP contribution in [0, 0.1) is 17.7 Å². The standard InChI is InChI=1S/C27H28FN3O2S/c1-2-33-27(32)30-23-9-10-24-19(14-23)12-20-16-34-31-26(20)25(24)11-8-22-7-6-18(15-29-22)17-4-3-5-21(28)13-17/h3-8,11,13,15-16,19,23-25H,2,9-10,12,14H2,1H3,(H,30,32)/t19-,23-,24-,25+/m1/s1. The van der Waals surface area contributed by atoms with Crippen molar-refractivity contribution in [2.75, 3.05) is 6.61 Å². The maximum atomic E-state index is 13.5. The van der Waals surface area contributed by atoms with E-state index in [0.717, 1.165) is 42.5 Å². The zero-order chi connectivity index (χ0) is 23.5. The molecule has 5 nitrogen and oxygen atoms in total. The van der Waals surface area contributed by atoms with Gasteiger partial charge in [-0.1, -0.05) is 24.3 Å². The first-order valence-corrected chi connectivity index (χ1v) is 12.7. The molecule has 176 valence electrons. The molecule has 0 bridgehead atoms. The van der Waals surface area contributed by atoms with Crippen molar-refractivity contribution in [2.45, 2.75) is 44.6 Å². The molecule has 1 aromatic carbocycles. The molecule has 0 radical (unpaired) electrons. The van der Waals surface area contributed by atoms with Crippen molar-refractivity contribution < 1.29 is 13.9 Å². The van der Waals surface area contributed by atoms with E-state index in [-0.39, 0.29) is 23.9 Å². The average Bonchev–Trinajstić information content (AvgIpc) is 3.30. The van der Waals surface area contributed by atoms with Crippen LogP contribution in [0.3, 0.4) is 0 Å². The summed E-state index contributed by atoms with van der Waals surface area (Å²) in [7, 11) is 0. The van der Waals surface area contributed by atoms with Crippen LogP contribution in [0.15, 0.2) is 54.1 Å². The Hall–Kier alpha value is -3.06. The molecule has 1 N–H and O–H groups in total. The van der Waals surface area contributed by atoms with Gasteiger partial charge in [0.25, 0.3) is 0 Å². The summed E-state index contributed by atoms with van der Waals surface area (Å²) < 4.78 is 23.4. The van der Waals surface area contributed by atoms with E-state index in [0.29, 0.717) is 18.4 Å². The zero-order valence-corrected chi connectivity index (χ0v) is 19.9. The molecule has 1 amide bonds. The summed E-state index contributed by atoms with van der Waals surface area (Å²) in [6, 6.07) is 10.7. The van der Waals surface area contributed by atoms with Crippen LogP contribution in [0.1, 0.15) is 49.1 Å². The van der Waals surface area contributed by atoms with Crippen LogP contribution < -0.4 is 5.32 Å². The minimum absolute atomic E-state index is 0.162. The molecular weight excluding hydrogens is 449 g/mol. The van der Waals surface area contributed by atoms with Gasteiger partial charge < -0.3 is 10.1 Å². The smallest absolute Gasteiger partial charge is 0.407 e. The first kappa shape index (κ1) is 22.7. The second-order valence-electron chi connectivity index (χ2n) is 9.09. The van der Waals surface area contributed by atoms with Crippen LogP contribution in [0.5, 0.6) is 0 Å². The van der Waals surface area contributed by atoms with Gasteiger partial charge in [0.15, 0.2) is 0 Å². The molecule has 0 saturated heterocycles. The molecule has 3 aromatic rings. The molecule has 4 atom stereocenters. The number of rotatable bonds is 5. The highest BCUT2D eigenvalue weighted by Crippen LogP contribution is 2.47. The molecule has 2 heterocycles. The summed E-state index contributed by atoms with van der Waals surface area (Å²) >= 11 is 1.53. The SMILES string of the molecule is CCOC(=O)N[C@@H]1CC[C@@H]2[C@H](Cc3csnc3[C@H]2C=Cc2ccc(-c3cccc(F)c3)cn2)C1. The number of amides is 1. The van der Waals surface area contributed by atoms with Gasteiger partial charge >= 0.3 is 6.09 Å². The third kappa shape index (κ3) is 4.89. The van der Waals surface area contributed by atoms with Gasteiger partial charge in [-0.2, -0.15) is 4.37 Å². The number of hydrogen-bond donors (Lipinski definition) is 1. The largest absolute Gasteiger partial charge is 0.450 e. The molecule has 34 heavy (non-hydrogen) atoms. The Bertz CT molecular complexity index is 1180. The van der Waals surface area contributed by atoms with Gasteiger partial charge in [0.2, 0.25) is 0 Å². The molecule has 1 fully saturated rings. The lowest BCUT2D eigenvalue weighted by molar-refractivity contribution is 0.129. The predicted octanol–water partition coefficient (Wildman–Crippen LogP) is 6.23. The maximum Gasteiger partial charge on any atom is 0.407 e. The Morgan fingerprint density at radius 3 is 2.97 bits per heavy atom. The van der Waals surface area contributed by atoms with Crippen molar-refractivity contribution in [1.82, 2.24) is 14.7 Å². The first-order chi connectivity index (χ1) is 16.6. The molecule has 0 unspecified atom stereocenters. The second-order valence-corrected chi connectivity index (χ2v) is 9.72. The van der Waals surface area contributed by atoms with Crippen molar-refractivity contribution in [2.24, 2.45) is 11.8 Å². The van der Waals surface area contributed by atoms with Gasteiger partial charge in [-0.3, -0.25) is 4.98 Å². The molecular formula is C27H28FN3O2S. The number of allylic oxidation sites excluding steroid dienone is 1. The highest BCUT2D eigenvalue weighted by molar-refractivity contribution is 7.03. The highest BCUT2D eigenvalue weighted by atomic mass is 32.1. The predicted molar refractivity (Wildman–Crippen MR) is 132 cm³/mol. The van der Waals surface area contributed by atoms with Crippen LogP contribution in [-0.4, -0.2) is 28.1 Å². The van der Waals surface area contributed by atoms with Crippen molar-refractivity contribution in [3.8, 4) is 11.1 Å².